The van der Waals surface area contributed by atoms with Gasteiger partial charge in [0.05, 0.1) is 12.6 Å². The molecule has 0 bridgehead atoms. The predicted octanol–water partition coefficient (Wildman–Crippen LogP) is 1.24. The standard InChI is InChI=1S/C16H29N3O2/c1-18(2)16(21)14-9-6-10-19(14)12-15(20)17-11-13-7-4-3-5-8-13/h13-14H,3-12H2,1-2H3,(H,17,20)/t14-/m0/s1. The molecule has 21 heavy (non-hydrogen) atoms. The van der Waals surface area contributed by atoms with Crippen LogP contribution in [0.1, 0.15) is 44.9 Å². The normalized spacial score (nSPS) is 24.0. The van der Waals surface area contributed by atoms with E-state index in [9.17, 15) is 9.59 Å². The Hall–Kier alpha value is -1.10. The van der Waals surface area contributed by atoms with Gasteiger partial charge in [0, 0.05) is 20.6 Å². The Morgan fingerprint density at radius 2 is 1.81 bits per heavy atom. The number of carbonyl (C=O) groups excluding carboxylic acids is 2. The van der Waals surface area contributed by atoms with Gasteiger partial charge in [-0.3, -0.25) is 14.5 Å². The van der Waals surface area contributed by atoms with E-state index in [2.05, 4.69) is 5.32 Å². The lowest BCUT2D eigenvalue weighted by Gasteiger charge is -2.26. The topological polar surface area (TPSA) is 52.7 Å². The molecule has 5 heteroatoms. The van der Waals surface area contributed by atoms with E-state index in [1.807, 2.05) is 4.90 Å². The molecule has 1 heterocycles. The van der Waals surface area contributed by atoms with Crippen molar-refractivity contribution in [2.24, 2.45) is 5.92 Å². The van der Waals surface area contributed by atoms with Crippen LogP contribution in [0, 0.1) is 5.92 Å². The summed E-state index contributed by atoms with van der Waals surface area (Å²) >= 11 is 0. The van der Waals surface area contributed by atoms with E-state index < -0.39 is 0 Å². The van der Waals surface area contributed by atoms with Crippen LogP contribution in [0.25, 0.3) is 0 Å². The maximum absolute atomic E-state index is 12.1. The maximum Gasteiger partial charge on any atom is 0.239 e. The summed E-state index contributed by atoms with van der Waals surface area (Å²) in [7, 11) is 3.56. The lowest BCUT2D eigenvalue weighted by Crippen LogP contribution is -2.47. The summed E-state index contributed by atoms with van der Waals surface area (Å²) in [5, 5.41) is 3.06. The van der Waals surface area contributed by atoms with Crippen LogP contribution in [0.5, 0.6) is 0 Å². The molecule has 1 saturated heterocycles. The second-order valence-electron chi connectivity index (χ2n) is 6.67. The van der Waals surface area contributed by atoms with Gasteiger partial charge in [0.1, 0.15) is 0 Å². The fraction of sp³-hybridized carbons (Fsp3) is 0.875. The molecule has 0 aromatic rings. The summed E-state index contributed by atoms with van der Waals surface area (Å²) in [5.74, 6) is 0.840. The minimum Gasteiger partial charge on any atom is -0.355 e. The second kappa shape index (κ2) is 7.78. The lowest BCUT2D eigenvalue weighted by molar-refractivity contribution is -0.134. The molecule has 2 fully saturated rings. The summed E-state index contributed by atoms with van der Waals surface area (Å²) in [6.45, 7) is 2.01. The molecule has 1 atom stereocenters. The van der Waals surface area contributed by atoms with Crippen LogP contribution >= 0.6 is 0 Å². The molecule has 1 aliphatic carbocycles. The molecule has 1 saturated carbocycles. The van der Waals surface area contributed by atoms with Gasteiger partial charge in [-0.1, -0.05) is 19.3 Å². The van der Waals surface area contributed by atoms with Crippen LogP contribution in [0.4, 0.5) is 0 Å². The molecule has 0 radical (unpaired) electrons. The summed E-state index contributed by atoms with van der Waals surface area (Å²) in [4.78, 5) is 27.9. The van der Waals surface area contributed by atoms with Crippen molar-refractivity contribution in [3.8, 4) is 0 Å². The number of nitrogens with zero attached hydrogens (tertiary/aromatic N) is 2. The zero-order valence-corrected chi connectivity index (χ0v) is 13.4. The van der Waals surface area contributed by atoms with Crippen LogP contribution in [-0.2, 0) is 9.59 Å². The van der Waals surface area contributed by atoms with E-state index in [0.717, 1.165) is 25.9 Å². The highest BCUT2D eigenvalue weighted by molar-refractivity contribution is 5.83. The molecule has 5 nitrogen and oxygen atoms in total. The van der Waals surface area contributed by atoms with E-state index in [1.54, 1.807) is 19.0 Å². The Labute approximate surface area is 128 Å². The lowest BCUT2D eigenvalue weighted by atomic mass is 9.89. The molecule has 2 rings (SSSR count). The molecule has 1 N–H and O–H groups in total. The van der Waals surface area contributed by atoms with Crippen LogP contribution in [0.2, 0.25) is 0 Å². The molecule has 0 spiro atoms. The van der Waals surface area contributed by atoms with Crippen molar-refractivity contribution in [3.63, 3.8) is 0 Å². The van der Waals surface area contributed by atoms with Crippen molar-refractivity contribution in [2.75, 3.05) is 33.7 Å². The van der Waals surface area contributed by atoms with Gasteiger partial charge in [-0.25, -0.2) is 0 Å². The number of rotatable bonds is 5. The first-order valence-corrected chi connectivity index (χ1v) is 8.30. The second-order valence-corrected chi connectivity index (χ2v) is 6.67. The third-order valence-electron chi connectivity index (χ3n) is 4.75. The molecule has 2 aliphatic rings. The Balaban J connectivity index is 1.74. The third-order valence-corrected chi connectivity index (χ3v) is 4.75. The molecule has 2 amide bonds. The predicted molar refractivity (Wildman–Crippen MR) is 82.9 cm³/mol. The molecule has 0 unspecified atom stereocenters. The molecule has 1 aliphatic heterocycles. The highest BCUT2D eigenvalue weighted by atomic mass is 16.2. The van der Waals surface area contributed by atoms with Crippen molar-refractivity contribution in [1.82, 2.24) is 15.1 Å². The van der Waals surface area contributed by atoms with Crippen molar-refractivity contribution < 1.29 is 9.59 Å². The number of likely N-dealkylation sites (tertiary alicyclic amines) is 1. The van der Waals surface area contributed by atoms with Crippen molar-refractivity contribution in [1.29, 1.82) is 0 Å². The van der Waals surface area contributed by atoms with Gasteiger partial charge in [-0.15, -0.1) is 0 Å². The van der Waals surface area contributed by atoms with Crippen molar-refractivity contribution >= 4 is 11.8 Å². The van der Waals surface area contributed by atoms with Crippen LogP contribution in [0.15, 0.2) is 0 Å². The Morgan fingerprint density at radius 3 is 2.48 bits per heavy atom. The number of hydrogen-bond donors (Lipinski definition) is 1. The first kappa shape index (κ1) is 16.3. The van der Waals surface area contributed by atoms with Crippen LogP contribution in [-0.4, -0.2) is 61.4 Å². The number of carbonyl (C=O) groups is 2. The Kier molecular flexibility index (Phi) is 6.03. The highest BCUT2D eigenvalue weighted by Crippen LogP contribution is 2.23. The van der Waals surface area contributed by atoms with Gasteiger partial charge in [0.15, 0.2) is 0 Å². The van der Waals surface area contributed by atoms with Gasteiger partial charge < -0.3 is 10.2 Å². The number of likely N-dealkylation sites (N-methyl/N-ethyl adjacent to an activating group) is 1. The van der Waals surface area contributed by atoms with Crippen molar-refractivity contribution in [2.45, 2.75) is 51.0 Å². The average Bonchev–Trinajstić information content (AvgIpc) is 2.93. The van der Waals surface area contributed by atoms with Crippen molar-refractivity contribution in [3.05, 3.63) is 0 Å². The maximum atomic E-state index is 12.1. The first-order valence-electron chi connectivity index (χ1n) is 8.30. The number of hydrogen-bond acceptors (Lipinski definition) is 3. The third kappa shape index (κ3) is 4.70. The van der Waals surface area contributed by atoms with Gasteiger partial charge in [0.25, 0.3) is 0 Å². The minimum absolute atomic E-state index is 0.0685. The Morgan fingerprint density at radius 1 is 1.10 bits per heavy atom. The summed E-state index contributed by atoms with van der Waals surface area (Å²) in [5.41, 5.74) is 0. The number of nitrogens with one attached hydrogen (secondary N) is 1. The van der Waals surface area contributed by atoms with E-state index in [0.29, 0.717) is 12.5 Å². The minimum atomic E-state index is -0.111. The Bertz CT molecular complexity index is 365. The van der Waals surface area contributed by atoms with E-state index in [4.69, 9.17) is 0 Å². The zero-order chi connectivity index (χ0) is 15.2. The average molecular weight is 295 g/mol. The monoisotopic (exact) mass is 295 g/mol. The summed E-state index contributed by atoms with van der Waals surface area (Å²) in [6.07, 6.45) is 8.29. The van der Waals surface area contributed by atoms with Gasteiger partial charge in [0.2, 0.25) is 11.8 Å². The highest BCUT2D eigenvalue weighted by Gasteiger charge is 2.32. The SMILES string of the molecule is CN(C)C(=O)[C@@H]1CCCN1CC(=O)NCC1CCCCC1. The molecular weight excluding hydrogens is 266 g/mol. The molecular formula is C16H29N3O2. The zero-order valence-electron chi connectivity index (χ0n) is 13.4. The summed E-state index contributed by atoms with van der Waals surface area (Å²) < 4.78 is 0. The largest absolute Gasteiger partial charge is 0.355 e. The number of amides is 2. The van der Waals surface area contributed by atoms with E-state index in [-0.39, 0.29) is 17.9 Å². The first-order chi connectivity index (χ1) is 10.1. The molecule has 0 aromatic heterocycles. The van der Waals surface area contributed by atoms with E-state index in [1.165, 1.54) is 32.1 Å². The summed E-state index contributed by atoms with van der Waals surface area (Å²) in [6, 6.07) is -0.111. The van der Waals surface area contributed by atoms with Crippen LogP contribution < -0.4 is 5.32 Å². The fourth-order valence-corrected chi connectivity index (χ4v) is 3.48. The fourth-order valence-electron chi connectivity index (χ4n) is 3.48. The van der Waals surface area contributed by atoms with E-state index >= 15 is 0 Å². The van der Waals surface area contributed by atoms with Gasteiger partial charge in [-0.2, -0.15) is 0 Å². The molecule has 120 valence electrons. The smallest absolute Gasteiger partial charge is 0.239 e. The van der Waals surface area contributed by atoms with Gasteiger partial charge in [-0.05, 0) is 38.1 Å². The van der Waals surface area contributed by atoms with Gasteiger partial charge >= 0.3 is 0 Å². The molecule has 0 aromatic carbocycles. The van der Waals surface area contributed by atoms with Crippen LogP contribution in [0.3, 0.4) is 0 Å². The quantitative estimate of drug-likeness (QED) is 0.830.